The zero-order chi connectivity index (χ0) is 20.3. The number of benzene rings is 1. The SMILES string of the molecule is C/C(=C\COc1c2c(cc3oc(=O)ccc13)OCC=C2)CC[C@@H](O)C(C)(C)C. The lowest BCUT2D eigenvalue weighted by atomic mass is 9.86. The van der Waals surface area contributed by atoms with Crippen molar-refractivity contribution < 1.29 is 19.0 Å². The first kappa shape index (κ1) is 20.2. The molecule has 2 heterocycles. The number of fused-ring (bicyclic) bond motifs is 2. The van der Waals surface area contributed by atoms with Gasteiger partial charge >= 0.3 is 5.63 Å². The predicted molar refractivity (Wildman–Crippen MR) is 111 cm³/mol. The highest BCUT2D eigenvalue weighted by Gasteiger charge is 2.21. The maximum absolute atomic E-state index is 11.6. The van der Waals surface area contributed by atoms with E-state index in [1.54, 1.807) is 12.1 Å². The fourth-order valence-corrected chi connectivity index (χ4v) is 3.08. The molecule has 0 saturated heterocycles. The van der Waals surface area contributed by atoms with Gasteiger partial charge < -0.3 is 19.0 Å². The van der Waals surface area contributed by atoms with Crippen LogP contribution in [0.1, 0.15) is 46.1 Å². The van der Waals surface area contributed by atoms with Gasteiger partial charge in [-0.15, -0.1) is 0 Å². The van der Waals surface area contributed by atoms with E-state index >= 15 is 0 Å². The third-order valence-corrected chi connectivity index (χ3v) is 4.97. The summed E-state index contributed by atoms with van der Waals surface area (Å²) in [6, 6.07) is 4.84. The Bertz CT molecular complexity index is 959. The summed E-state index contributed by atoms with van der Waals surface area (Å²) in [5, 5.41) is 10.9. The van der Waals surface area contributed by atoms with Gasteiger partial charge in [0.05, 0.1) is 17.1 Å². The van der Waals surface area contributed by atoms with Crippen LogP contribution in [-0.4, -0.2) is 24.4 Å². The smallest absolute Gasteiger partial charge is 0.336 e. The Hall–Kier alpha value is -2.53. The molecule has 5 heteroatoms. The molecule has 0 fully saturated rings. The minimum Gasteiger partial charge on any atom is -0.489 e. The number of ether oxygens (including phenoxy) is 2. The van der Waals surface area contributed by atoms with Crippen molar-refractivity contribution in [3.05, 3.63) is 51.9 Å². The van der Waals surface area contributed by atoms with Crippen LogP contribution in [0.2, 0.25) is 0 Å². The van der Waals surface area contributed by atoms with Crippen LogP contribution in [0.15, 0.2) is 45.1 Å². The summed E-state index contributed by atoms with van der Waals surface area (Å²) in [7, 11) is 0. The van der Waals surface area contributed by atoms with Gasteiger partial charge in [0.1, 0.15) is 30.3 Å². The fourth-order valence-electron chi connectivity index (χ4n) is 3.08. The molecule has 2 aromatic rings. The van der Waals surface area contributed by atoms with Gasteiger partial charge in [0.2, 0.25) is 0 Å². The van der Waals surface area contributed by atoms with E-state index in [4.69, 9.17) is 13.9 Å². The zero-order valence-corrected chi connectivity index (χ0v) is 17.0. The summed E-state index contributed by atoms with van der Waals surface area (Å²) < 4.78 is 17.0. The fraction of sp³-hybridized carbons (Fsp3) is 0.435. The maximum atomic E-state index is 11.6. The molecule has 0 aliphatic carbocycles. The van der Waals surface area contributed by atoms with Crippen molar-refractivity contribution in [3.8, 4) is 11.5 Å². The number of allylic oxidation sites excluding steroid dienone is 1. The van der Waals surface area contributed by atoms with Crippen molar-refractivity contribution in [1.29, 1.82) is 0 Å². The van der Waals surface area contributed by atoms with Gasteiger partial charge in [0.25, 0.3) is 0 Å². The largest absolute Gasteiger partial charge is 0.489 e. The van der Waals surface area contributed by atoms with E-state index in [0.717, 1.165) is 29.4 Å². The zero-order valence-electron chi connectivity index (χ0n) is 17.0. The Labute approximate surface area is 165 Å². The van der Waals surface area contributed by atoms with Gasteiger partial charge in [0, 0.05) is 12.1 Å². The molecule has 3 rings (SSSR count). The topological polar surface area (TPSA) is 68.9 Å². The lowest BCUT2D eigenvalue weighted by molar-refractivity contribution is 0.0559. The quantitative estimate of drug-likeness (QED) is 0.577. The molecule has 1 aromatic heterocycles. The van der Waals surface area contributed by atoms with Crippen LogP contribution in [0.25, 0.3) is 17.0 Å². The second-order valence-electron chi connectivity index (χ2n) is 8.28. The van der Waals surface area contributed by atoms with Crippen LogP contribution in [0.5, 0.6) is 11.5 Å². The highest BCUT2D eigenvalue weighted by molar-refractivity contribution is 5.91. The van der Waals surface area contributed by atoms with Gasteiger partial charge in [-0.2, -0.15) is 0 Å². The molecule has 0 amide bonds. The van der Waals surface area contributed by atoms with Gasteiger partial charge in [0.15, 0.2) is 0 Å². The Kier molecular flexibility index (Phi) is 5.94. The molecule has 1 aromatic carbocycles. The number of rotatable bonds is 6. The lowest BCUT2D eigenvalue weighted by Gasteiger charge is -2.25. The molecule has 0 bridgehead atoms. The summed E-state index contributed by atoms with van der Waals surface area (Å²) >= 11 is 0. The molecule has 0 spiro atoms. The molecule has 1 atom stereocenters. The first-order valence-corrected chi connectivity index (χ1v) is 9.62. The molecule has 1 aliphatic rings. The van der Waals surface area contributed by atoms with Crippen molar-refractivity contribution in [2.24, 2.45) is 5.41 Å². The maximum Gasteiger partial charge on any atom is 0.336 e. The van der Waals surface area contributed by atoms with E-state index in [0.29, 0.717) is 30.3 Å². The van der Waals surface area contributed by atoms with Crippen molar-refractivity contribution in [1.82, 2.24) is 0 Å². The molecule has 5 nitrogen and oxygen atoms in total. The molecule has 150 valence electrons. The molecule has 0 saturated carbocycles. The molecule has 0 unspecified atom stereocenters. The number of aliphatic hydroxyl groups is 1. The number of aliphatic hydroxyl groups excluding tert-OH is 1. The number of hydrogen-bond donors (Lipinski definition) is 1. The third-order valence-electron chi connectivity index (χ3n) is 4.97. The van der Waals surface area contributed by atoms with Crippen LogP contribution in [0.3, 0.4) is 0 Å². The minimum atomic E-state index is -0.405. The predicted octanol–water partition coefficient (Wildman–Crippen LogP) is 4.71. The first-order chi connectivity index (χ1) is 13.3. The molecule has 0 radical (unpaired) electrons. The second kappa shape index (κ2) is 8.23. The summed E-state index contributed by atoms with van der Waals surface area (Å²) in [4.78, 5) is 11.6. The van der Waals surface area contributed by atoms with Crippen molar-refractivity contribution in [2.75, 3.05) is 13.2 Å². The average Bonchev–Trinajstić information content (AvgIpc) is 2.64. The molecule has 1 N–H and O–H groups in total. The normalized spacial score (nSPS) is 15.2. The standard InChI is InChI=1S/C23H28O5/c1-15(7-9-20(24)23(2,3)4)11-13-27-22-16-6-5-12-26-18(16)14-19-17(22)8-10-21(25)28-19/h5-6,8,10-11,14,20,24H,7,9,12-13H2,1-4H3/b15-11+/t20-/m1/s1. The monoisotopic (exact) mass is 384 g/mol. The Morgan fingerprint density at radius 2 is 2.14 bits per heavy atom. The van der Waals surface area contributed by atoms with Gasteiger partial charge in [-0.3, -0.25) is 0 Å². The van der Waals surface area contributed by atoms with Crippen molar-refractivity contribution in [2.45, 2.75) is 46.6 Å². The molecular weight excluding hydrogens is 356 g/mol. The van der Waals surface area contributed by atoms with E-state index in [1.807, 2.05) is 45.9 Å². The lowest BCUT2D eigenvalue weighted by Crippen LogP contribution is -2.25. The first-order valence-electron chi connectivity index (χ1n) is 9.62. The Morgan fingerprint density at radius 3 is 2.89 bits per heavy atom. The van der Waals surface area contributed by atoms with Crippen LogP contribution in [-0.2, 0) is 0 Å². The highest BCUT2D eigenvalue weighted by Crippen LogP contribution is 2.39. The minimum absolute atomic E-state index is 0.116. The Balaban J connectivity index is 1.77. The Morgan fingerprint density at radius 1 is 1.36 bits per heavy atom. The van der Waals surface area contributed by atoms with E-state index in [1.165, 1.54) is 6.07 Å². The van der Waals surface area contributed by atoms with E-state index < -0.39 is 5.63 Å². The average molecular weight is 384 g/mol. The molecular formula is C23H28O5. The van der Waals surface area contributed by atoms with Crippen LogP contribution >= 0.6 is 0 Å². The number of hydrogen-bond acceptors (Lipinski definition) is 5. The van der Waals surface area contributed by atoms with Crippen molar-refractivity contribution >= 4 is 17.0 Å². The second-order valence-corrected chi connectivity index (χ2v) is 8.28. The highest BCUT2D eigenvalue weighted by atomic mass is 16.5. The third kappa shape index (κ3) is 4.65. The summed E-state index contributed by atoms with van der Waals surface area (Å²) in [5.74, 6) is 1.29. The summed E-state index contributed by atoms with van der Waals surface area (Å²) in [5.41, 5.74) is 1.94. The summed E-state index contributed by atoms with van der Waals surface area (Å²) in [6.45, 7) is 9.02. The van der Waals surface area contributed by atoms with Crippen LogP contribution in [0.4, 0.5) is 0 Å². The van der Waals surface area contributed by atoms with Gasteiger partial charge in [-0.25, -0.2) is 4.79 Å². The van der Waals surface area contributed by atoms with Gasteiger partial charge in [-0.1, -0.05) is 26.3 Å². The molecule has 1 aliphatic heterocycles. The van der Waals surface area contributed by atoms with E-state index in [2.05, 4.69) is 0 Å². The van der Waals surface area contributed by atoms with E-state index in [-0.39, 0.29) is 11.5 Å². The van der Waals surface area contributed by atoms with Crippen LogP contribution < -0.4 is 15.1 Å². The summed E-state index contributed by atoms with van der Waals surface area (Å²) in [6.07, 6.45) is 7.11. The van der Waals surface area contributed by atoms with Crippen molar-refractivity contribution in [3.63, 3.8) is 0 Å². The van der Waals surface area contributed by atoms with Crippen LogP contribution in [0, 0.1) is 5.41 Å². The van der Waals surface area contributed by atoms with E-state index in [9.17, 15) is 9.90 Å². The van der Waals surface area contributed by atoms with Gasteiger partial charge in [-0.05, 0) is 49.5 Å². The molecule has 28 heavy (non-hydrogen) atoms.